The fourth-order valence-corrected chi connectivity index (χ4v) is 3.17. The fourth-order valence-electron chi connectivity index (χ4n) is 2.96. The molecular weight excluding hydrogens is 408 g/mol. The molecule has 0 fully saturated rings. The lowest BCUT2D eigenvalue weighted by atomic mass is 9.87. The summed E-state index contributed by atoms with van der Waals surface area (Å²) < 4.78 is 11.5. The Bertz CT molecular complexity index is 879. The number of benzene rings is 2. The van der Waals surface area contributed by atoms with Gasteiger partial charge in [-0.3, -0.25) is 4.79 Å². The Morgan fingerprint density at radius 3 is 2.42 bits per heavy atom. The number of anilines is 1. The summed E-state index contributed by atoms with van der Waals surface area (Å²) in [6, 6.07) is 13.7. The van der Waals surface area contributed by atoms with Crippen LogP contribution in [0, 0.1) is 19.3 Å². The van der Waals surface area contributed by atoms with Gasteiger partial charge in [-0.05, 0) is 86.8 Å². The lowest BCUT2D eigenvalue weighted by Crippen LogP contribution is -2.42. The molecule has 31 heavy (non-hydrogen) atoms. The third kappa shape index (κ3) is 8.21. The molecule has 0 radical (unpaired) electrons. The monoisotopic (exact) mass is 442 g/mol. The van der Waals surface area contributed by atoms with Crippen LogP contribution < -0.4 is 20.1 Å². The molecule has 0 atom stereocenters. The molecule has 2 aromatic carbocycles. The summed E-state index contributed by atoms with van der Waals surface area (Å²) in [5.74, 6) is 1.60. The summed E-state index contributed by atoms with van der Waals surface area (Å²) in [6.07, 6.45) is 2.42. The van der Waals surface area contributed by atoms with E-state index in [4.69, 9.17) is 21.7 Å². The molecule has 0 saturated heterocycles. The number of carbonyl (C=O) groups excluding carboxylic acids is 1. The van der Waals surface area contributed by atoms with E-state index in [1.807, 2.05) is 58.0 Å². The highest BCUT2D eigenvalue weighted by Gasteiger charge is 2.27. The number of hydrogen-bond donors (Lipinski definition) is 2. The van der Waals surface area contributed by atoms with Crippen LogP contribution in [0.2, 0.25) is 0 Å². The number of amides is 1. The number of carbonyl (C=O) groups is 1. The van der Waals surface area contributed by atoms with Crippen molar-refractivity contribution in [2.45, 2.75) is 53.9 Å². The first-order valence-electron chi connectivity index (χ1n) is 10.8. The highest BCUT2D eigenvalue weighted by Crippen LogP contribution is 2.24. The molecule has 0 saturated carbocycles. The molecule has 1 amide bonds. The molecule has 0 spiro atoms. The molecular formula is C25H34N2O3S. The Morgan fingerprint density at radius 2 is 1.74 bits per heavy atom. The molecule has 0 bridgehead atoms. The van der Waals surface area contributed by atoms with Gasteiger partial charge in [0, 0.05) is 11.1 Å². The van der Waals surface area contributed by atoms with E-state index in [9.17, 15) is 4.79 Å². The molecule has 2 aromatic rings. The number of aryl methyl sites for hydroxylation is 2. The Labute approximate surface area is 191 Å². The van der Waals surface area contributed by atoms with Gasteiger partial charge in [0.2, 0.25) is 5.91 Å². The van der Waals surface area contributed by atoms with Crippen molar-refractivity contribution in [1.82, 2.24) is 5.32 Å². The summed E-state index contributed by atoms with van der Waals surface area (Å²) in [7, 11) is 0. The quantitative estimate of drug-likeness (QED) is 0.360. The van der Waals surface area contributed by atoms with Gasteiger partial charge in [-0.2, -0.15) is 0 Å². The molecule has 5 nitrogen and oxygen atoms in total. The molecule has 6 heteroatoms. The predicted octanol–water partition coefficient (Wildman–Crippen LogP) is 5.79. The average molecular weight is 443 g/mol. The molecule has 2 N–H and O–H groups in total. The van der Waals surface area contributed by atoms with Crippen molar-refractivity contribution in [2.24, 2.45) is 5.41 Å². The van der Waals surface area contributed by atoms with Crippen molar-refractivity contribution in [3.05, 3.63) is 53.6 Å². The van der Waals surface area contributed by atoms with E-state index < -0.39 is 5.41 Å². The number of rotatable bonds is 10. The Balaban J connectivity index is 1.77. The minimum atomic E-state index is -0.561. The molecule has 0 heterocycles. The zero-order valence-electron chi connectivity index (χ0n) is 19.2. The number of thiocarbonyl (C=S) groups is 1. The largest absolute Gasteiger partial charge is 0.494 e. The topological polar surface area (TPSA) is 59.6 Å². The van der Waals surface area contributed by atoms with Crippen LogP contribution in [-0.2, 0) is 4.79 Å². The molecule has 0 aliphatic heterocycles. The SMILES string of the molecule is CCCOc1ccc(NC(=S)NC(=O)C(C)(C)CCCOc2cc(C)ccc2C)cc1. The summed E-state index contributed by atoms with van der Waals surface area (Å²) in [4.78, 5) is 12.7. The molecule has 0 aliphatic carbocycles. The third-order valence-corrected chi connectivity index (χ3v) is 5.18. The van der Waals surface area contributed by atoms with Gasteiger partial charge in [0.25, 0.3) is 0 Å². The third-order valence-electron chi connectivity index (χ3n) is 4.97. The fraction of sp³-hybridized carbons (Fsp3) is 0.440. The van der Waals surface area contributed by atoms with Gasteiger partial charge in [-0.15, -0.1) is 0 Å². The van der Waals surface area contributed by atoms with E-state index in [1.165, 1.54) is 5.56 Å². The van der Waals surface area contributed by atoms with Gasteiger partial charge < -0.3 is 20.1 Å². The number of hydrogen-bond acceptors (Lipinski definition) is 4. The lowest BCUT2D eigenvalue weighted by Gasteiger charge is -2.24. The van der Waals surface area contributed by atoms with Crippen LogP contribution in [0.1, 0.15) is 51.2 Å². The predicted molar refractivity (Wildman–Crippen MR) is 131 cm³/mol. The van der Waals surface area contributed by atoms with Crippen LogP contribution >= 0.6 is 12.2 Å². The van der Waals surface area contributed by atoms with Gasteiger partial charge in [-0.25, -0.2) is 0 Å². The van der Waals surface area contributed by atoms with Gasteiger partial charge in [0.15, 0.2) is 5.11 Å². The van der Waals surface area contributed by atoms with E-state index in [0.717, 1.165) is 35.6 Å². The van der Waals surface area contributed by atoms with Crippen LogP contribution in [-0.4, -0.2) is 24.2 Å². The molecule has 0 unspecified atom stereocenters. The van der Waals surface area contributed by atoms with E-state index in [-0.39, 0.29) is 11.0 Å². The second-order valence-corrected chi connectivity index (χ2v) is 8.79. The smallest absolute Gasteiger partial charge is 0.231 e. The minimum absolute atomic E-state index is 0.111. The van der Waals surface area contributed by atoms with Gasteiger partial charge in [-0.1, -0.05) is 32.9 Å². The minimum Gasteiger partial charge on any atom is -0.494 e. The Morgan fingerprint density at radius 1 is 1.03 bits per heavy atom. The Hall–Kier alpha value is -2.60. The standard InChI is InChI=1S/C25H34N2O3S/c1-6-15-29-21-12-10-20(11-13-21)26-24(31)27-23(28)25(4,5)14-7-16-30-22-17-18(2)8-9-19(22)3/h8-13,17H,6-7,14-16H2,1-5H3,(H2,26,27,28,31). The Kier molecular flexibility index (Phi) is 9.31. The molecule has 2 rings (SSSR count). The van der Waals surface area contributed by atoms with Crippen LogP contribution in [0.15, 0.2) is 42.5 Å². The van der Waals surface area contributed by atoms with E-state index in [1.54, 1.807) is 0 Å². The van der Waals surface area contributed by atoms with Crippen molar-refractivity contribution in [3.63, 3.8) is 0 Å². The first-order chi connectivity index (χ1) is 14.7. The summed E-state index contributed by atoms with van der Waals surface area (Å²) in [6.45, 7) is 11.2. The first kappa shape index (κ1) is 24.7. The second-order valence-electron chi connectivity index (χ2n) is 8.39. The van der Waals surface area contributed by atoms with E-state index in [0.29, 0.717) is 19.6 Å². The second kappa shape index (κ2) is 11.7. The summed E-state index contributed by atoms with van der Waals surface area (Å²) in [5, 5.41) is 6.13. The summed E-state index contributed by atoms with van der Waals surface area (Å²) in [5.41, 5.74) is 2.52. The zero-order chi connectivity index (χ0) is 22.9. The highest BCUT2D eigenvalue weighted by molar-refractivity contribution is 7.80. The highest BCUT2D eigenvalue weighted by atomic mass is 32.1. The summed E-state index contributed by atoms with van der Waals surface area (Å²) >= 11 is 5.31. The van der Waals surface area contributed by atoms with Crippen LogP contribution in [0.4, 0.5) is 5.69 Å². The van der Waals surface area contributed by atoms with Crippen molar-refractivity contribution in [1.29, 1.82) is 0 Å². The van der Waals surface area contributed by atoms with Crippen molar-refractivity contribution in [2.75, 3.05) is 18.5 Å². The van der Waals surface area contributed by atoms with Crippen LogP contribution in [0.3, 0.4) is 0 Å². The molecule has 0 aromatic heterocycles. The maximum Gasteiger partial charge on any atom is 0.231 e. The number of ether oxygens (including phenoxy) is 2. The normalized spacial score (nSPS) is 11.0. The zero-order valence-corrected chi connectivity index (χ0v) is 20.0. The average Bonchev–Trinajstić information content (AvgIpc) is 2.73. The maximum atomic E-state index is 12.7. The molecule has 0 aliphatic rings. The van der Waals surface area contributed by atoms with Gasteiger partial charge in [0.1, 0.15) is 11.5 Å². The van der Waals surface area contributed by atoms with Crippen molar-refractivity contribution >= 4 is 28.9 Å². The number of nitrogens with one attached hydrogen (secondary N) is 2. The van der Waals surface area contributed by atoms with E-state index >= 15 is 0 Å². The van der Waals surface area contributed by atoms with E-state index in [2.05, 4.69) is 29.7 Å². The van der Waals surface area contributed by atoms with Gasteiger partial charge >= 0.3 is 0 Å². The van der Waals surface area contributed by atoms with Crippen molar-refractivity contribution < 1.29 is 14.3 Å². The van der Waals surface area contributed by atoms with Crippen LogP contribution in [0.25, 0.3) is 0 Å². The lowest BCUT2D eigenvalue weighted by molar-refractivity contribution is -0.128. The van der Waals surface area contributed by atoms with Crippen LogP contribution in [0.5, 0.6) is 11.5 Å². The molecule has 168 valence electrons. The first-order valence-corrected chi connectivity index (χ1v) is 11.2. The van der Waals surface area contributed by atoms with Crippen molar-refractivity contribution in [3.8, 4) is 11.5 Å². The van der Waals surface area contributed by atoms with Gasteiger partial charge in [0.05, 0.1) is 13.2 Å². The maximum absolute atomic E-state index is 12.7.